The average Bonchev–Trinajstić information content (AvgIpc) is 2.72. The minimum absolute atomic E-state index is 0.116. The first-order valence-corrected chi connectivity index (χ1v) is 12.2. The Morgan fingerprint density at radius 2 is 1.70 bits per heavy atom. The number of aromatic carboxylic acids is 1. The minimum atomic E-state index is -1.42. The molecule has 0 heterocycles. The van der Waals surface area contributed by atoms with Crippen LogP contribution in [0.25, 0.3) is 0 Å². The molecular formula is C25H28O4S. The SMILES string of the molecule is COc1ccc(CS(=O)c2ccccc2C(=O)O)cc1C12CC3CC(CC(C3)C1)C2. The Balaban J connectivity index is 1.47. The topological polar surface area (TPSA) is 63.6 Å². The number of hydrogen-bond donors (Lipinski definition) is 1. The maximum Gasteiger partial charge on any atom is 0.336 e. The van der Waals surface area contributed by atoms with E-state index in [9.17, 15) is 14.1 Å². The lowest BCUT2D eigenvalue weighted by molar-refractivity contribution is -0.00618. The van der Waals surface area contributed by atoms with Crippen molar-refractivity contribution in [1.29, 1.82) is 0 Å². The highest BCUT2D eigenvalue weighted by atomic mass is 32.2. The van der Waals surface area contributed by atoms with Crippen molar-refractivity contribution in [3.63, 3.8) is 0 Å². The summed E-state index contributed by atoms with van der Waals surface area (Å²) in [7, 11) is 0.320. The van der Waals surface area contributed by atoms with Crippen molar-refractivity contribution in [3.8, 4) is 5.75 Å². The predicted molar refractivity (Wildman–Crippen MR) is 116 cm³/mol. The highest BCUT2D eigenvalue weighted by Gasteiger charge is 2.52. The number of ether oxygens (including phenoxy) is 1. The molecular weight excluding hydrogens is 396 g/mol. The smallest absolute Gasteiger partial charge is 0.336 e. The molecule has 0 saturated heterocycles. The first-order valence-electron chi connectivity index (χ1n) is 10.9. The molecule has 30 heavy (non-hydrogen) atoms. The summed E-state index contributed by atoms with van der Waals surface area (Å²) >= 11 is 0. The third-order valence-corrected chi connectivity index (χ3v) is 8.98. The van der Waals surface area contributed by atoms with E-state index in [1.165, 1.54) is 50.2 Å². The second-order valence-electron chi connectivity index (χ2n) is 9.52. The van der Waals surface area contributed by atoms with E-state index in [1.807, 2.05) is 12.1 Å². The van der Waals surface area contributed by atoms with Crippen LogP contribution in [-0.2, 0) is 22.0 Å². The Bertz CT molecular complexity index is 977. The van der Waals surface area contributed by atoms with Crippen molar-refractivity contribution in [2.24, 2.45) is 17.8 Å². The van der Waals surface area contributed by atoms with Crippen LogP contribution in [0.4, 0.5) is 0 Å². The monoisotopic (exact) mass is 424 g/mol. The molecule has 4 aliphatic carbocycles. The lowest BCUT2D eigenvalue weighted by atomic mass is 9.48. The molecule has 4 saturated carbocycles. The van der Waals surface area contributed by atoms with Crippen LogP contribution in [-0.4, -0.2) is 22.4 Å². The standard InChI is InChI=1S/C25H28O4S/c1-29-22-7-6-16(15-30(28)23-5-3-2-4-20(23)24(26)27)11-21(22)25-12-17-8-18(13-25)10-19(9-17)14-25/h2-7,11,17-19H,8-10,12-15H2,1H3,(H,26,27). The van der Waals surface area contributed by atoms with E-state index in [2.05, 4.69) is 6.07 Å². The van der Waals surface area contributed by atoms with Crippen LogP contribution >= 0.6 is 0 Å². The summed E-state index contributed by atoms with van der Waals surface area (Å²) in [5.74, 6) is 2.72. The number of carbonyl (C=O) groups is 1. The quantitative estimate of drug-likeness (QED) is 0.695. The molecule has 0 radical (unpaired) electrons. The summed E-state index contributed by atoms with van der Waals surface area (Å²) in [6, 6.07) is 12.8. The summed E-state index contributed by atoms with van der Waals surface area (Å²) in [4.78, 5) is 11.9. The number of benzene rings is 2. The highest BCUT2D eigenvalue weighted by molar-refractivity contribution is 7.84. The maximum absolute atomic E-state index is 13.1. The van der Waals surface area contributed by atoms with Gasteiger partial charge < -0.3 is 9.84 Å². The van der Waals surface area contributed by atoms with E-state index in [4.69, 9.17) is 4.74 Å². The van der Waals surface area contributed by atoms with E-state index in [0.717, 1.165) is 29.1 Å². The molecule has 4 fully saturated rings. The minimum Gasteiger partial charge on any atom is -0.496 e. The second kappa shape index (κ2) is 7.52. The molecule has 0 aliphatic heterocycles. The Morgan fingerprint density at radius 1 is 1.07 bits per heavy atom. The van der Waals surface area contributed by atoms with Crippen molar-refractivity contribution in [2.45, 2.75) is 54.6 Å². The van der Waals surface area contributed by atoms with Gasteiger partial charge in [0.2, 0.25) is 0 Å². The molecule has 4 aliphatic rings. The van der Waals surface area contributed by atoms with Gasteiger partial charge in [-0.1, -0.05) is 24.3 Å². The van der Waals surface area contributed by atoms with Crippen molar-refractivity contribution in [2.75, 3.05) is 7.11 Å². The molecule has 2 aromatic carbocycles. The first kappa shape index (κ1) is 19.8. The van der Waals surface area contributed by atoms with Crippen molar-refractivity contribution in [1.82, 2.24) is 0 Å². The Labute approximate surface area is 180 Å². The summed E-state index contributed by atoms with van der Waals surface area (Å²) < 4.78 is 18.8. The van der Waals surface area contributed by atoms with E-state index < -0.39 is 16.8 Å². The summed E-state index contributed by atoms with van der Waals surface area (Å²) in [5, 5.41) is 9.44. The fourth-order valence-corrected chi connectivity index (χ4v) is 8.04. The molecule has 1 unspecified atom stereocenters. The van der Waals surface area contributed by atoms with Crippen LogP contribution < -0.4 is 4.74 Å². The van der Waals surface area contributed by atoms with Gasteiger partial charge in [-0.15, -0.1) is 0 Å². The third-order valence-electron chi connectivity index (χ3n) is 7.53. The van der Waals surface area contributed by atoms with Crippen LogP contribution in [0.1, 0.15) is 60.0 Å². The fourth-order valence-electron chi connectivity index (χ4n) is 6.77. The van der Waals surface area contributed by atoms with Gasteiger partial charge in [-0.3, -0.25) is 4.21 Å². The van der Waals surface area contributed by atoms with Gasteiger partial charge in [-0.2, -0.15) is 0 Å². The van der Waals surface area contributed by atoms with Gasteiger partial charge in [-0.25, -0.2) is 4.79 Å². The largest absolute Gasteiger partial charge is 0.496 e. The summed E-state index contributed by atoms with van der Waals surface area (Å²) in [6.07, 6.45) is 7.88. The third kappa shape index (κ3) is 3.37. The van der Waals surface area contributed by atoms with Crippen molar-refractivity contribution < 1.29 is 18.8 Å². The van der Waals surface area contributed by atoms with Crippen molar-refractivity contribution in [3.05, 3.63) is 59.2 Å². The van der Waals surface area contributed by atoms with Gasteiger partial charge in [0, 0.05) is 5.56 Å². The number of carboxylic acid groups (broad SMARTS) is 1. The molecule has 6 rings (SSSR count). The van der Waals surface area contributed by atoms with Crippen LogP contribution in [0.3, 0.4) is 0 Å². The zero-order valence-corrected chi connectivity index (χ0v) is 18.1. The molecule has 1 atom stereocenters. The highest BCUT2D eigenvalue weighted by Crippen LogP contribution is 2.61. The van der Waals surface area contributed by atoms with Crippen molar-refractivity contribution >= 4 is 16.8 Å². The number of rotatable bonds is 6. The van der Waals surface area contributed by atoms with E-state index in [0.29, 0.717) is 10.6 Å². The molecule has 4 bridgehead atoms. The molecule has 2 aromatic rings. The molecule has 4 nitrogen and oxygen atoms in total. The lowest BCUT2D eigenvalue weighted by Gasteiger charge is -2.57. The molecule has 158 valence electrons. The van der Waals surface area contributed by atoms with Crippen LogP contribution in [0.5, 0.6) is 5.75 Å². The number of hydrogen-bond acceptors (Lipinski definition) is 3. The van der Waals surface area contributed by atoms with Gasteiger partial charge in [0.25, 0.3) is 0 Å². The Morgan fingerprint density at radius 3 is 2.30 bits per heavy atom. The van der Waals surface area contributed by atoms with E-state index >= 15 is 0 Å². The Hall–Kier alpha value is -2.14. The summed E-state index contributed by atoms with van der Waals surface area (Å²) in [5.41, 5.74) is 2.58. The molecule has 0 amide bonds. The van der Waals surface area contributed by atoms with Gasteiger partial charge in [0.15, 0.2) is 0 Å². The van der Waals surface area contributed by atoms with Gasteiger partial charge >= 0.3 is 5.97 Å². The predicted octanol–water partition coefficient (Wildman–Crippen LogP) is 5.17. The van der Waals surface area contributed by atoms with E-state index in [-0.39, 0.29) is 11.0 Å². The first-order chi connectivity index (χ1) is 14.5. The van der Waals surface area contributed by atoms with Gasteiger partial charge in [0.05, 0.1) is 34.1 Å². The molecule has 0 aromatic heterocycles. The Kier molecular flexibility index (Phi) is 4.97. The van der Waals surface area contributed by atoms with Crippen LogP contribution in [0.15, 0.2) is 47.4 Å². The number of methoxy groups -OCH3 is 1. The number of carboxylic acids is 1. The molecule has 5 heteroatoms. The van der Waals surface area contributed by atoms with Gasteiger partial charge in [0.1, 0.15) is 5.75 Å². The maximum atomic E-state index is 13.1. The average molecular weight is 425 g/mol. The lowest BCUT2D eigenvalue weighted by Crippen LogP contribution is -2.48. The zero-order chi connectivity index (χ0) is 20.9. The summed E-state index contributed by atoms with van der Waals surface area (Å²) in [6.45, 7) is 0. The zero-order valence-electron chi connectivity index (χ0n) is 17.3. The van der Waals surface area contributed by atoms with Crippen LogP contribution in [0.2, 0.25) is 0 Å². The van der Waals surface area contributed by atoms with Gasteiger partial charge in [-0.05, 0) is 85.5 Å². The normalized spacial score (nSPS) is 30.2. The molecule has 1 N–H and O–H groups in total. The van der Waals surface area contributed by atoms with E-state index in [1.54, 1.807) is 25.3 Å². The fraction of sp³-hybridized carbons (Fsp3) is 0.480. The molecule has 0 spiro atoms. The second-order valence-corrected chi connectivity index (χ2v) is 10.9. The van der Waals surface area contributed by atoms with Crippen LogP contribution in [0, 0.1) is 17.8 Å².